The van der Waals surface area contributed by atoms with Crippen molar-refractivity contribution in [1.82, 2.24) is 9.97 Å². The topological polar surface area (TPSA) is 103 Å². The number of methoxy groups -OCH3 is 2. The van der Waals surface area contributed by atoms with Crippen molar-refractivity contribution >= 4 is 23.3 Å². The molecule has 8 nitrogen and oxygen atoms in total. The van der Waals surface area contributed by atoms with E-state index >= 15 is 0 Å². The number of anilines is 3. The van der Waals surface area contributed by atoms with Crippen LogP contribution in [-0.4, -0.2) is 56.4 Å². The van der Waals surface area contributed by atoms with E-state index in [0.29, 0.717) is 30.5 Å². The maximum Gasteiger partial charge on any atom is 0.308 e. The van der Waals surface area contributed by atoms with Crippen molar-refractivity contribution in [1.29, 1.82) is 0 Å². The molecule has 3 N–H and O–H groups in total. The molecule has 8 heteroatoms. The summed E-state index contributed by atoms with van der Waals surface area (Å²) in [6.45, 7) is 2.64. The molecule has 1 aliphatic heterocycles. The summed E-state index contributed by atoms with van der Waals surface area (Å²) in [6, 6.07) is 0. The minimum atomic E-state index is -0.141. The van der Waals surface area contributed by atoms with Crippen molar-refractivity contribution in [2.75, 3.05) is 56.4 Å². The van der Waals surface area contributed by atoms with Gasteiger partial charge in [0.2, 0.25) is 0 Å². The third-order valence-electron chi connectivity index (χ3n) is 3.79. The number of nitrogens with zero attached hydrogens (tertiary/aromatic N) is 3. The lowest BCUT2D eigenvalue weighted by Gasteiger charge is -2.32. The van der Waals surface area contributed by atoms with E-state index in [4.69, 9.17) is 15.2 Å². The molecule has 0 saturated carbocycles. The summed E-state index contributed by atoms with van der Waals surface area (Å²) in [4.78, 5) is 22.1. The normalized spacial score (nSPS) is 15.6. The van der Waals surface area contributed by atoms with Gasteiger partial charge in [0.15, 0.2) is 11.6 Å². The minimum Gasteiger partial charge on any atom is -0.469 e. The number of ether oxygens (including phenoxy) is 2. The number of carbonyl (C=O) groups excluding carboxylic acids is 1. The smallest absolute Gasteiger partial charge is 0.308 e. The van der Waals surface area contributed by atoms with Crippen molar-refractivity contribution in [2.45, 2.75) is 12.8 Å². The lowest BCUT2D eigenvalue weighted by molar-refractivity contribution is -0.146. The lowest BCUT2D eigenvalue weighted by Crippen LogP contribution is -2.37. The van der Waals surface area contributed by atoms with Gasteiger partial charge in [-0.2, -0.15) is 0 Å². The van der Waals surface area contributed by atoms with E-state index in [2.05, 4.69) is 20.2 Å². The first-order valence-electron chi connectivity index (χ1n) is 7.33. The van der Waals surface area contributed by atoms with E-state index in [9.17, 15) is 4.79 Å². The highest BCUT2D eigenvalue weighted by Gasteiger charge is 2.27. The molecule has 1 saturated heterocycles. The van der Waals surface area contributed by atoms with Crippen LogP contribution in [0.1, 0.15) is 12.8 Å². The van der Waals surface area contributed by atoms with E-state index in [1.807, 2.05) is 0 Å². The van der Waals surface area contributed by atoms with Crippen molar-refractivity contribution in [3.05, 3.63) is 6.33 Å². The Bertz CT molecular complexity index is 503. The van der Waals surface area contributed by atoms with E-state index in [1.165, 1.54) is 13.4 Å². The molecule has 0 radical (unpaired) electrons. The molecule has 1 aromatic heterocycles. The number of aromatic nitrogens is 2. The van der Waals surface area contributed by atoms with E-state index in [1.54, 1.807) is 7.11 Å². The summed E-state index contributed by atoms with van der Waals surface area (Å²) < 4.78 is 9.79. The number of carbonyl (C=O) groups is 1. The van der Waals surface area contributed by atoms with Gasteiger partial charge in [0.05, 0.1) is 19.6 Å². The Labute approximate surface area is 130 Å². The van der Waals surface area contributed by atoms with Gasteiger partial charge in [0.1, 0.15) is 12.0 Å². The monoisotopic (exact) mass is 309 g/mol. The Morgan fingerprint density at radius 2 is 2.14 bits per heavy atom. The second-order valence-electron chi connectivity index (χ2n) is 5.16. The average molecular weight is 309 g/mol. The van der Waals surface area contributed by atoms with Gasteiger partial charge in [-0.1, -0.05) is 0 Å². The van der Waals surface area contributed by atoms with Gasteiger partial charge >= 0.3 is 5.97 Å². The quantitative estimate of drug-likeness (QED) is 0.579. The molecule has 0 spiro atoms. The lowest BCUT2D eigenvalue weighted by atomic mass is 9.97. The van der Waals surface area contributed by atoms with Crippen LogP contribution in [0.4, 0.5) is 17.3 Å². The van der Waals surface area contributed by atoms with Crippen LogP contribution in [0.2, 0.25) is 0 Å². The van der Waals surface area contributed by atoms with Gasteiger partial charge < -0.3 is 25.4 Å². The Balaban J connectivity index is 2.01. The first-order chi connectivity index (χ1) is 10.7. The van der Waals surface area contributed by atoms with Crippen molar-refractivity contribution in [3.63, 3.8) is 0 Å². The predicted octanol–water partition coefficient (Wildman–Crippen LogP) is 0.507. The zero-order chi connectivity index (χ0) is 15.9. The number of rotatable bonds is 6. The van der Waals surface area contributed by atoms with Crippen LogP contribution >= 0.6 is 0 Å². The molecule has 1 aromatic rings. The van der Waals surface area contributed by atoms with Crippen molar-refractivity contribution < 1.29 is 14.3 Å². The number of piperidine rings is 1. The number of hydrogen-bond donors (Lipinski definition) is 2. The summed E-state index contributed by atoms with van der Waals surface area (Å²) in [5.74, 6) is 1.14. The fraction of sp³-hybridized carbons (Fsp3) is 0.643. The molecule has 0 bridgehead atoms. The van der Waals surface area contributed by atoms with E-state index in [0.717, 1.165) is 25.9 Å². The molecule has 0 atom stereocenters. The highest BCUT2D eigenvalue weighted by atomic mass is 16.5. The first kappa shape index (κ1) is 16.3. The summed E-state index contributed by atoms with van der Waals surface area (Å²) in [6.07, 6.45) is 2.97. The number of nitrogens with one attached hydrogen (secondary N) is 1. The second-order valence-corrected chi connectivity index (χ2v) is 5.16. The molecule has 1 aliphatic rings. The van der Waals surface area contributed by atoms with Crippen molar-refractivity contribution in [3.8, 4) is 0 Å². The largest absolute Gasteiger partial charge is 0.469 e. The highest BCUT2D eigenvalue weighted by molar-refractivity contribution is 5.76. The number of nitrogens with two attached hydrogens (primary N) is 1. The summed E-state index contributed by atoms with van der Waals surface area (Å²) in [5.41, 5.74) is 6.68. The zero-order valence-electron chi connectivity index (χ0n) is 13.0. The van der Waals surface area contributed by atoms with Crippen LogP contribution < -0.4 is 16.0 Å². The van der Waals surface area contributed by atoms with Crippen LogP contribution in [0.25, 0.3) is 0 Å². The third kappa shape index (κ3) is 3.76. The summed E-state index contributed by atoms with van der Waals surface area (Å²) in [7, 11) is 3.07. The number of esters is 1. The van der Waals surface area contributed by atoms with Gasteiger partial charge in [0, 0.05) is 26.7 Å². The molecule has 22 heavy (non-hydrogen) atoms. The maximum atomic E-state index is 11.6. The standard InChI is InChI=1S/C14H23N5O3/c1-21-8-5-16-12-11(15)13(18-9-17-12)19-6-3-10(4-7-19)14(20)22-2/h9-10H,3-8,15H2,1-2H3,(H,16,17,18). The number of nitrogen functional groups attached to an aromatic ring is 1. The van der Waals surface area contributed by atoms with Crippen LogP contribution in [0.3, 0.4) is 0 Å². The molecule has 0 unspecified atom stereocenters. The fourth-order valence-electron chi connectivity index (χ4n) is 2.54. The predicted molar refractivity (Wildman–Crippen MR) is 83.8 cm³/mol. The second kappa shape index (κ2) is 7.79. The Kier molecular flexibility index (Phi) is 5.76. The van der Waals surface area contributed by atoms with Gasteiger partial charge in [-0.05, 0) is 12.8 Å². The van der Waals surface area contributed by atoms with Crippen LogP contribution in [0.15, 0.2) is 6.33 Å². The Morgan fingerprint density at radius 3 is 2.77 bits per heavy atom. The Hall–Kier alpha value is -2.09. The summed E-state index contributed by atoms with van der Waals surface area (Å²) in [5, 5.41) is 3.13. The number of hydrogen-bond acceptors (Lipinski definition) is 8. The van der Waals surface area contributed by atoms with Gasteiger partial charge in [-0.15, -0.1) is 0 Å². The molecule has 1 fully saturated rings. The fourth-order valence-corrected chi connectivity index (χ4v) is 2.54. The summed E-state index contributed by atoms with van der Waals surface area (Å²) >= 11 is 0. The van der Waals surface area contributed by atoms with Crippen LogP contribution in [0.5, 0.6) is 0 Å². The van der Waals surface area contributed by atoms with Crippen molar-refractivity contribution in [2.24, 2.45) is 5.92 Å². The van der Waals surface area contributed by atoms with Gasteiger partial charge in [0.25, 0.3) is 0 Å². The molecule has 0 aromatic carbocycles. The third-order valence-corrected chi connectivity index (χ3v) is 3.79. The Morgan fingerprint density at radius 1 is 1.41 bits per heavy atom. The molecular formula is C14H23N5O3. The maximum absolute atomic E-state index is 11.6. The van der Waals surface area contributed by atoms with E-state index < -0.39 is 0 Å². The molecule has 122 valence electrons. The average Bonchev–Trinajstić information content (AvgIpc) is 2.56. The molecular weight excluding hydrogens is 286 g/mol. The molecule has 0 amide bonds. The molecule has 0 aliphatic carbocycles. The van der Waals surface area contributed by atoms with Gasteiger partial charge in [-0.3, -0.25) is 4.79 Å². The van der Waals surface area contributed by atoms with Crippen LogP contribution in [-0.2, 0) is 14.3 Å². The zero-order valence-corrected chi connectivity index (χ0v) is 13.0. The minimum absolute atomic E-state index is 0.0383. The highest BCUT2D eigenvalue weighted by Crippen LogP contribution is 2.29. The molecule has 2 heterocycles. The van der Waals surface area contributed by atoms with Gasteiger partial charge in [-0.25, -0.2) is 9.97 Å². The SMILES string of the molecule is COCCNc1ncnc(N2CCC(C(=O)OC)CC2)c1N. The molecule has 2 rings (SSSR count). The van der Waals surface area contributed by atoms with Crippen LogP contribution in [0, 0.1) is 5.92 Å². The first-order valence-corrected chi connectivity index (χ1v) is 7.33. The van der Waals surface area contributed by atoms with E-state index in [-0.39, 0.29) is 11.9 Å².